The quantitative estimate of drug-likeness (QED) is 0.757. The number of amides is 3. The third kappa shape index (κ3) is 4.50. The molecule has 92 valence electrons. The molecule has 0 spiro atoms. The maximum absolute atomic E-state index is 11.8. The molecule has 0 atom stereocenters. The fourth-order valence-electron chi connectivity index (χ4n) is 1.44. The Labute approximate surface area is 90.8 Å². The van der Waals surface area contributed by atoms with E-state index < -0.39 is 18.6 Å². The number of urea groups is 1. The van der Waals surface area contributed by atoms with Crippen molar-refractivity contribution in [2.75, 3.05) is 13.1 Å². The Morgan fingerprint density at radius 2 is 1.94 bits per heavy atom. The van der Waals surface area contributed by atoms with E-state index in [1.54, 1.807) is 0 Å². The van der Waals surface area contributed by atoms with E-state index in [0.29, 0.717) is 6.42 Å². The molecule has 0 unspecified atom stereocenters. The molecule has 1 rings (SSSR count). The highest BCUT2D eigenvalue weighted by atomic mass is 19.4. The molecule has 16 heavy (non-hydrogen) atoms. The first-order valence-corrected chi connectivity index (χ1v) is 5.04. The number of halogens is 3. The molecule has 0 aromatic rings. The normalized spacial score (nSPS) is 17.6. The molecule has 4 nitrogen and oxygen atoms in total. The summed E-state index contributed by atoms with van der Waals surface area (Å²) in [7, 11) is 0. The van der Waals surface area contributed by atoms with Crippen LogP contribution in [0, 0.1) is 0 Å². The lowest BCUT2D eigenvalue weighted by Gasteiger charge is -2.26. The van der Waals surface area contributed by atoms with E-state index in [-0.39, 0.29) is 31.8 Å². The fraction of sp³-hybridized carbons (Fsp3) is 0.778. The Kier molecular flexibility index (Phi) is 4.14. The minimum absolute atomic E-state index is 0.00122. The number of carbonyl (C=O) groups is 2. The minimum Gasteiger partial charge on any atom is -0.324 e. The molecule has 1 aliphatic rings. The van der Waals surface area contributed by atoms with Crippen LogP contribution in [0.15, 0.2) is 0 Å². The predicted molar refractivity (Wildman–Crippen MR) is 49.6 cm³/mol. The molecule has 1 aliphatic heterocycles. The van der Waals surface area contributed by atoms with Crippen molar-refractivity contribution in [1.82, 2.24) is 10.2 Å². The number of nitrogens with zero attached hydrogens (tertiary/aromatic N) is 1. The van der Waals surface area contributed by atoms with Gasteiger partial charge in [0.1, 0.15) is 0 Å². The largest absolute Gasteiger partial charge is 0.389 e. The Hall–Kier alpha value is -1.27. The molecule has 0 aliphatic carbocycles. The molecule has 0 radical (unpaired) electrons. The summed E-state index contributed by atoms with van der Waals surface area (Å²) in [6.07, 6.45) is -4.46. The van der Waals surface area contributed by atoms with Gasteiger partial charge in [-0.15, -0.1) is 0 Å². The second kappa shape index (κ2) is 5.18. The summed E-state index contributed by atoms with van der Waals surface area (Å²) in [5.41, 5.74) is 0. The van der Waals surface area contributed by atoms with Crippen molar-refractivity contribution in [2.24, 2.45) is 0 Å². The summed E-state index contributed by atoms with van der Waals surface area (Å²) in [6.45, 7) is 0.547. The van der Waals surface area contributed by atoms with Crippen molar-refractivity contribution in [3.05, 3.63) is 0 Å². The van der Waals surface area contributed by atoms with Gasteiger partial charge < -0.3 is 4.90 Å². The molecular weight excluding hydrogens is 225 g/mol. The monoisotopic (exact) mass is 238 g/mol. The number of rotatable bonds is 4. The summed E-state index contributed by atoms with van der Waals surface area (Å²) in [6, 6.07) is -0.511. The van der Waals surface area contributed by atoms with Gasteiger partial charge in [0.25, 0.3) is 0 Å². The lowest BCUT2D eigenvalue weighted by atomic mass is 10.2. The smallest absolute Gasteiger partial charge is 0.324 e. The Morgan fingerprint density at radius 1 is 1.25 bits per heavy atom. The molecule has 1 heterocycles. The van der Waals surface area contributed by atoms with Crippen LogP contribution in [-0.4, -0.2) is 36.1 Å². The average molecular weight is 238 g/mol. The highest BCUT2D eigenvalue weighted by Gasteiger charge is 2.27. The van der Waals surface area contributed by atoms with E-state index in [2.05, 4.69) is 5.32 Å². The second-order valence-electron chi connectivity index (χ2n) is 3.66. The third-order valence-electron chi connectivity index (χ3n) is 2.28. The van der Waals surface area contributed by atoms with Crippen molar-refractivity contribution in [1.29, 1.82) is 0 Å². The third-order valence-corrected chi connectivity index (χ3v) is 2.28. The Bertz CT molecular complexity index is 278. The second-order valence-corrected chi connectivity index (χ2v) is 3.66. The van der Waals surface area contributed by atoms with Crippen LogP contribution >= 0.6 is 0 Å². The van der Waals surface area contributed by atoms with Crippen LogP contribution in [0.4, 0.5) is 18.0 Å². The maximum atomic E-state index is 11.8. The lowest BCUT2D eigenvalue weighted by Crippen LogP contribution is -2.49. The number of nitrogens with one attached hydrogen (secondary N) is 1. The molecular formula is C9H13F3N2O2. The molecule has 0 bridgehead atoms. The first-order chi connectivity index (χ1) is 7.38. The van der Waals surface area contributed by atoms with Gasteiger partial charge in [-0.25, -0.2) is 4.79 Å². The zero-order valence-corrected chi connectivity index (χ0v) is 8.64. The summed E-state index contributed by atoms with van der Waals surface area (Å²) >= 11 is 0. The highest BCUT2D eigenvalue weighted by Crippen LogP contribution is 2.22. The van der Waals surface area contributed by atoms with Crippen molar-refractivity contribution < 1.29 is 22.8 Å². The average Bonchev–Trinajstić information content (AvgIpc) is 2.13. The van der Waals surface area contributed by atoms with E-state index in [1.807, 2.05) is 0 Å². The van der Waals surface area contributed by atoms with Crippen LogP contribution < -0.4 is 5.32 Å². The number of unbranched alkanes of at least 4 members (excludes halogenated alkanes) is 1. The van der Waals surface area contributed by atoms with E-state index in [0.717, 1.165) is 0 Å². The summed E-state index contributed by atoms with van der Waals surface area (Å²) in [5, 5.41) is 2.11. The number of carbonyl (C=O) groups excluding carboxylic acids is 2. The van der Waals surface area contributed by atoms with Gasteiger partial charge in [-0.05, 0) is 12.8 Å². The van der Waals surface area contributed by atoms with Gasteiger partial charge in [0.05, 0.1) is 0 Å². The molecule has 7 heteroatoms. The standard InChI is InChI=1S/C9H13F3N2O2/c10-9(11,12)4-1-2-5-14-6-3-7(15)13-8(14)16/h1-6H2,(H,13,15,16). The van der Waals surface area contributed by atoms with E-state index in [1.165, 1.54) is 4.90 Å². The highest BCUT2D eigenvalue weighted by molar-refractivity contribution is 5.96. The van der Waals surface area contributed by atoms with Gasteiger partial charge in [-0.3, -0.25) is 10.1 Å². The zero-order valence-electron chi connectivity index (χ0n) is 8.64. The number of alkyl halides is 3. The van der Waals surface area contributed by atoms with Gasteiger partial charge in [0.2, 0.25) is 5.91 Å². The van der Waals surface area contributed by atoms with Crippen molar-refractivity contribution in [3.8, 4) is 0 Å². The summed E-state index contributed by atoms with van der Waals surface area (Å²) in [4.78, 5) is 23.3. The van der Waals surface area contributed by atoms with Crippen LogP contribution in [0.3, 0.4) is 0 Å². The zero-order chi connectivity index (χ0) is 12.2. The van der Waals surface area contributed by atoms with Crippen molar-refractivity contribution in [2.45, 2.75) is 31.9 Å². The molecule has 0 saturated carbocycles. The van der Waals surface area contributed by atoms with Crippen molar-refractivity contribution in [3.63, 3.8) is 0 Å². The Morgan fingerprint density at radius 3 is 2.50 bits per heavy atom. The molecule has 1 fully saturated rings. The van der Waals surface area contributed by atoms with Crippen LogP contribution in [0.2, 0.25) is 0 Å². The summed E-state index contributed by atoms with van der Waals surface area (Å²) in [5.74, 6) is -0.337. The first kappa shape index (κ1) is 12.8. The molecule has 1 N–H and O–H groups in total. The lowest BCUT2D eigenvalue weighted by molar-refractivity contribution is -0.135. The Balaban J connectivity index is 2.18. The van der Waals surface area contributed by atoms with E-state index in [4.69, 9.17) is 0 Å². The van der Waals surface area contributed by atoms with Crippen molar-refractivity contribution >= 4 is 11.9 Å². The molecule has 3 amide bonds. The van der Waals surface area contributed by atoms with Crippen LogP contribution in [0.1, 0.15) is 25.7 Å². The SMILES string of the molecule is O=C1CCN(CCCCC(F)(F)F)C(=O)N1. The topological polar surface area (TPSA) is 49.4 Å². The molecule has 0 aromatic heterocycles. The predicted octanol–water partition coefficient (Wildman–Crippen LogP) is 1.66. The van der Waals surface area contributed by atoms with Gasteiger partial charge >= 0.3 is 12.2 Å². The minimum atomic E-state index is -4.14. The number of hydrogen-bond acceptors (Lipinski definition) is 2. The van der Waals surface area contributed by atoms with Crippen LogP contribution in [0.5, 0.6) is 0 Å². The van der Waals surface area contributed by atoms with Gasteiger partial charge in [-0.1, -0.05) is 0 Å². The molecule has 1 saturated heterocycles. The summed E-state index contributed by atoms with van der Waals surface area (Å²) < 4.78 is 35.4. The van der Waals surface area contributed by atoms with Crippen LogP contribution in [0.25, 0.3) is 0 Å². The van der Waals surface area contributed by atoms with Gasteiger partial charge in [0, 0.05) is 25.9 Å². The maximum Gasteiger partial charge on any atom is 0.389 e. The van der Waals surface area contributed by atoms with Crippen LogP contribution in [-0.2, 0) is 4.79 Å². The van der Waals surface area contributed by atoms with E-state index in [9.17, 15) is 22.8 Å². The first-order valence-electron chi connectivity index (χ1n) is 5.04. The van der Waals surface area contributed by atoms with Gasteiger partial charge in [0.15, 0.2) is 0 Å². The van der Waals surface area contributed by atoms with Gasteiger partial charge in [-0.2, -0.15) is 13.2 Å². The van der Waals surface area contributed by atoms with E-state index >= 15 is 0 Å². The number of hydrogen-bond donors (Lipinski definition) is 1. The molecule has 0 aromatic carbocycles. The fourth-order valence-corrected chi connectivity index (χ4v) is 1.44. The number of imide groups is 1.